The highest BCUT2D eigenvalue weighted by Crippen LogP contribution is 2.27. The van der Waals surface area contributed by atoms with E-state index in [4.69, 9.17) is 27.9 Å². The van der Waals surface area contributed by atoms with Gasteiger partial charge in [-0.1, -0.05) is 23.2 Å². The number of hydrogen-bond donors (Lipinski definition) is 0. The third-order valence-electron chi connectivity index (χ3n) is 1.75. The third kappa shape index (κ3) is 2.64. The fourth-order valence-corrected chi connectivity index (χ4v) is 1.66. The van der Waals surface area contributed by atoms with Crippen LogP contribution in [0.5, 0.6) is 11.6 Å². The summed E-state index contributed by atoms with van der Waals surface area (Å²) >= 11 is 11.7. The first-order chi connectivity index (χ1) is 7.13. The lowest BCUT2D eigenvalue weighted by Crippen LogP contribution is -1.89. The molecule has 1 heterocycles. The van der Waals surface area contributed by atoms with Crippen molar-refractivity contribution < 1.29 is 4.74 Å². The molecule has 0 aliphatic rings. The monoisotopic (exact) mass is 242 g/mol. The first-order valence-electron chi connectivity index (χ1n) is 4.27. The van der Waals surface area contributed by atoms with Gasteiger partial charge in [-0.25, -0.2) is 0 Å². The molecule has 0 amide bonds. The van der Waals surface area contributed by atoms with Gasteiger partial charge >= 0.3 is 0 Å². The van der Waals surface area contributed by atoms with Crippen LogP contribution in [0.2, 0.25) is 10.0 Å². The maximum atomic E-state index is 5.83. The van der Waals surface area contributed by atoms with Crippen LogP contribution in [0.1, 0.15) is 0 Å². The number of hydrogen-bond acceptors (Lipinski definition) is 2. The number of aromatic nitrogens is 2. The van der Waals surface area contributed by atoms with E-state index in [1.807, 2.05) is 7.05 Å². The summed E-state index contributed by atoms with van der Waals surface area (Å²) in [5, 5.41) is 5.14. The predicted octanol–water partition coefficient (Wildman–Crippen LogP) is 3.52. The van der Waals surface area contributed by atoms with Crippen LogP contribution in [0, 0.1) is 0 Å². The minimum atomic E-state index is 0.510. The van der Waals surface area contributed by atoms with Gasteiger partial charge in [0.05, 0.1) is 0 Å². The van der Waals surface area contributed by atoms with Crippen molar-refractivity contribution in [2.75, 3.05) is 0 Å². The van der Waals surface area contributed by atoms with Crippen LogP contribution in [0.3, 0.4) is 0 Å². The SMILES string of the molecule is Cn1ccc(Oc2cc(Cl)cc(Cl)c2)n1. The smallest absolute Gasteiger partial charge is 0.238 e. The molecule has 1 aromatic carbocycles. The molecule has 0 saturated heterocycles. The molecule has 5 heteroatoms. The molecular formula is C10H8Cl2N2O. The lowest BCUT2D eigenvalue weighted by atomic mass is 10.3. The molecule has 0 aliphatic heterocycles. The van der Waals surface area contributed by atoms with E-state index in [9.17, 15) is 0 Å². The molecule has 0 spiro atoms. The molecule has 0 fully saturated rings. The van der Waals surface area contributed by atoms with Crippen molar-refractivity contribution in [3.63, 3.8) is 0 Å². The first-order valence-corrected chi connectivity index (χ1v) is 5.03. The molecule has 1 aromatic heterocycles. The first kappa shape index (κ1) is 10.3. The maximum absolute atomic E-state index is 5.83. The van der Waals surface area contributed by atoms with Crippen molar-refractivity contribution in [2.24, 2.45) is 7.05 Å². The Balaban J connectivity index is 2.24. The van der Waals surface area contributed by atoms with Gasteiger partial charge in [0.2, 0.25) is 5.88 Å². The van der Waals surface area contributed by atoms with E-state index >= 15 is 0 Å². The zero-order valence-corrected chi connectivity index (χ0v) is 9.46. The molecule has 0 N–H and O–H groups in total. The molecule has 0 atom stereocenters. The summed E-state index contributed by atoms with van der Waals surface area (Å²) in [5.41, 5.74) is 0. The lowest BCUT2D eigenvalue weighted by molar-refractivity contribution is 0.454. The highest BCUT2D eigenvalue weighted by atomic mass is 35.5. The highest BCUT2D eigenvalue weighted by molar-refractivity contribution is 6.34. The van der Waals surface area contributed by atoms with Gasteiger partial charge in [0.1, 0.15) is 5.75 Å². The van der Waals surface area contributed by atoms with Gasteiger partial charge in [-0.15, -0.1) is 5.10 Å². The summed E-state index contributed by atoms with van der Waals surface area (Å²) in [7, 11) is 1.82. The third-order valence-corrected chi connectivity index (χ3v) is 2.18. The molecule has 15 heavy (non-hydrogen) atoms. The minimum absolute atomic E-state index is 0.510. The van der Waals surface area contributed by atoms with E-state index < -0.39 is 0 Å². The standard InChI is InChI=1S/C10H8Cl2N2O/c1-14-3-2-10(13-14)15-9-5-7(11)4-8(12)6-9/h2-6H,1H3. The Morgan fingerprint density at radius 2 is 1.87 bits per heavy atom. The van der Waals surface area contributed by atoms with Crippen molar-refractivity contribution in [3.8, 4) is 11.6 Å². The van der Waals surface area contributed by atoms with Crippen molar-refractivity contribution in [1.29, 1.82) is 0 Å². The van der Waals surface area contributed by atoms with E-state index in [1.54, 1.807) is 35.1 Å². The van der Waals surface area contributed by atoms with Crippen LogP contribution >= 0.6 is 23.2 Å². The molecule has 0 aliphatic carbocycles. The molecule has 0 radical (unpaired) electrons. The maximum Gasteiger partial charge on any atom is 0.238 e. The summed E-state index contributed by atoms with van der Waals surface area (Å²) in [5.74, 6) is 1.09. The second-order valence-electron chi connectivity index (χ2n) is 3.03. The Hall–Kier alpha value is -1.19. The van der Waals surface area contributed by atoms with Crippen LogP contribution < -0.4 is 4.74 Å². The summed E-state index contributed by atoms with van der Waals surface area (Å²) in [4.78, 5) is 0. The van der Waals surface area contributed by atoms with Crippen LogP contribution in [0.25, 0.3) is 0 Å². The Kier molecular flexibility index (Phi) is 2.84. The van der Waals surface area contributed by atoms with Gasteiger partial charge in [0.15, 0.2) is 0 Å². The Labute approximate surface area is 97.2 Å². The van der Waals surface area contributed by atoms with Gasteiger partial charge in [-0.3, -0.25) is 4.68 Å². The molecule has 78 valence electrons. The number of rotatable bonds is 2. The summed E-state index contributed by atoms with van der Waals surface area (Å²) in [6.07, 6.45) is 1.79. The zero-order valence-electron chi connectivity index (χ0n) is 7.95. The Morgan fingerprint density at radius 1 is 1.20 bits per heavy atom. The average Bonchev–Trinajstić information content (AvgIpc) is 2.49. The van der Waals surface area contributed by atoms with Crippen LogP contribution in [0.15, 0.2) is 30.5 Å². The number of benzene rings is 1. The molecule has 0 bridgehead atoms. The van der Waals surface area contributed by atoms with E-state index in [0.717, 1.165) is 0 Å². The van der Waals surface area contributed by atoms with Crippen molar-refractivity contribution in [2.45, 2.75) is 0 Å². The minimum Gasteiger partial charge on any atom is -0.437 e. The second kappa shape index (κ2) is 4.13. The topological polar surface area (TPSA) is 27.1 Å². The molecular weight excluding hydrogens is 235 g/mol. The average molecular weight is 243 g/mol. The van der Waals surface area contributed by atoms with Gasteiger partial charge in [-0.05, 0) is 18.2 Å². The quantitative estimate of drug-likeness (QED) is 0.806. The number of ether oxygens (including phenoxy) is 1. The predicted molar refractivity (Wildman–Crippen MR) is 59.7 cm³/mol. The number of aryl methyl sites for hydroxylation is 1. The Bertz CT molecular complexity index is 462. The van der Waals surface area contributed by atoms with E-state index in [1.165, 1.54) is 0 Å². The highest BCUT2D eigenvalue weighted by Gasteiger charge is 2.02. The zero-order chi connectivity index (χ0) is 10.8. The van der Waals surface area contributed by atoms with Crippen molar-refractivity contribution in [1.82, 2.24) is 9.78 Å². The van der Waals surface area contributed by atoms with Gasteiger partial charge in [-0.2, -0.15) is 0 Å². The summed E-state index contributed by atoms with van der Waals surface area (Å²) < 4.78 is 7.11. The van der Waals surface area contributed by atoms with Crippen molar-refractivity contribution >= 4 is 23.2 Å². The van der Waals surface area contributed by atoms with E-state index in [0.29, 0.717) is 21.7 Å². The summed E-state index contributed by atoms with van der Waals surface area (Å²) in [6, 6.07) is 6.77. The summed E-state index contributed by atoms with van der Waals surface area (Å²) in [6.45, 7) is 0. The van der Waals surface area contributed by atoms with Gasteiger partial charge < -0.3 is 4.74 Å². The lowest BCUT2D eigenvalue weighted by Gasteiger charge is -2.02. The van der Waals surface area contributed by atoms with Crippen LogP contribution in [0.4, 0.5) is 0 Å². The number of nitrogens with zero attached hydrogens (tertiary/aromatic N) is 2. The van der Waals surface area contributed by atoms with Gasteiger partial charge in [0, 0.05) is 29.4 Å². The fraction of sp³-hybridized carbons (Fsp3) is 0.100. The largest absolute Gasteiger partial charge is 0.437 e. The second-order valence-corrected chi connectivity index (χ2v) is 3.91. The van der Waals surface area contributed by atoms with E-state index in [2.05, 4.69) is 5.10 Å². The molecule has 2 rings (SSSR count). The Morgan fingerprint density at radius 3 is 2.40 bits per heavy atom. The van der Waals surface area contributed by atoms with Gasteiger partial charge in [0.25, 0.3) is 0 Å². The van der Waals surface area contributed by atoms with Crippen molar-refractivity contribution in [3.05, 3.63) is 40.5 Å². The van der Waals surface area contributed by atoms with Crippen LogP contribution in [-0.2, 0) is 7.05 Å². The molecule has 0 saturated carbocycles. The molecule has 2 aromatic rings. The normalized spacial score (nSPS) is 10.3. The molecule has 3 nitrogen and oxygen atoms in total. The van der Waals surface area contributed by atoms with E-state index in [-0.39, 0.29) is 0 Å². The molecule has 0 unspecified atom stereocenters. The fourth-order valence-electron chi connectivity index (χ4n) is 1.16. The number of halogens is 2. The van der Waals surface area contributed by atoms with Crippen LogP contribution in [-0.4, -0.2) is 9.78 Å².